The van der Waals surface area contributed by atoms with E-state index in [1.807, 2.05) is 48.5 Å². The van der Waals surface area contributed by atoms with Crippen molar-refractivity contribution in [3.8, 4) is 0 Å². The van der Waals surface area contributed by atoms with Gasteiger partial charge < -0.3 is 19.3 Å². The predicted octanol–water partition coefficient (Wildman–Crippen LogP) is 4.80. The molecule has 0 unspecified atom stereocenters. The van der Waals surface area contributed by atoms with Crippen molar-refractivity contribution in [1.82, 2.24) is 0 Å². The summed E-state index contributed by atoms with van der Waals surface area (Å²) in [5, 5.41) is 12.0. The van der Waals surface area contributed by atoms with Crippen LogP contribution in [0.4, 0.5) is 0 Å². The molecule has 1 saturated heterocycles. The fourth-order valence-corrected chi connectivity index (χ4v) is 3.41. The molecule has 28 heavy (non-hydrogen) atoms. The van der Waals surface area contributed by atoms with Gasteiger partial charge in [-0.15, -0.1) is 6.58 Å². The molecule has 4 nitrogen and oxygen atoms in total. The lowest BCUT2D eigenvalue weighted by Crippen LogP contribution is -2.37. The summed E-state index contributed by atoms with van der Waals surface area (Å²) in [5.74, 6) is 0. The number of aliphatic hydroxyl groups excluding tert-OH is 1. The van der Waals surface area contributed by atoms with Crippen molar-refractivity contribution in [2.75, 3.05) is 6.61 Å². The van der Waals surface area contributed by atoms with Gasteiger partial charge in [-0.25, -0.2) is 0 Å². The van der Waals surface area contributed by atoms with Gasteiger partial charge in [0.15, 0.2) is 0 Å². The van der Waals surface area contributed by atoms with Gasteiger partial charge in [-0.2, -0.15) is 0 Å². The van der Waals surface area contributed by atoms with E-state index in [0.717, 1.165) is 11.1 Å². The van der Waals surface area contributed by atoms with Crippen molar-refractivity contribution in [3.63, 3.8) is 0 Å². The molecule has 4 atom stereocenters. The second-order valence-electron chi connectivity index (χ2n) is 6.77. The Hall–Kier alpha value is -1.40. The lowest BCUT2D eigenvalue weighted by molar-refractivity contribution is -0.0766. The Morgan fingerprint density at radius 3 is 2.07 bits per heavy atom. The van der Waals surface area contributed by atoms with Crippen LogP contribution in [-0.2, 0) is 27.4 Å². The highest BCUT2D eigenvalue weighted by molar-refractivity contribution is 6.30. The van der Waals surface area contributed by atoms with E-state index in [2.05, 4.69) is 6.58 Å². The fraction of sp³-hybridized carbons (Fsp3) is 0.364. The summed E-state index contributed by atoms with van der Waals surface area (Å²) in [6.45, 7) is 4.84. The van der Waals surface area contributed by atoms with Crippen molar-refractivity contribution in [2.45, 2.75) is 44.1 Å². The summed E-state index contributed by atoms with van der Waals surface area (Å²) in [6.07, 6.45) is 0.355. The monoisotopic (exact) mass is 422 g/mol. The lowest BCUT2D eigenvalue weighted by atomic mass is 10.1. The molecule has 1 aliphatic heterocycles. The Bertz CT molecular complexity index is 748. The number of hydrogen-bond acceptors (Lipinski definition) is 4. The maximum atomic E-state index is 10.6. The third-order valence-corrected chi connectivity index (χ3v) is 5.16. The summed E-state index contributed by atoms with van der Waals surface area (Å²) >= 11 is 11.8. The van der Waals surface area contributed by atoms with E-state index in [4.69, 9.17) is 37.4 Å². The van der Waals surface area contributed by atoms with Gasteiger partial charge in [0.25, 0.3) is 0 Å². The fourth-order valence-electron chi connectivity index (χ4n) is 3.16. The number of ether oxygens (including phenoxy) is 3. The van der Waals surface area contributed by atoms with Crippen LogP contribution < -0.4 is 0 Å². The predicted molar refractivity (Wildman–Crippen MR) is 111 cm³/mol. The molecule has 0 aliphatic carbocycles. The third-order valence-electron chi connectivity index (χ3n) is 4.65. The van der Waals surface area contributed by atoms with E-state index < -0.39 is 12.2 Å². The third kappa shape index (κ3) is 5.80. The molecule has 0 saturated carbocycles. The molecular weight excluding hydrogens is 399 g/mol. The molecule has 2 aromatic carbocycles. The standard InChI is InChI=1S/C22H24Cl2O4/c1-2-3-19-21(25)22(27-13-16-6-10-18(24)11-7-16)20(28-19)14-26-12-15-4-8-17(23)9-5-15/h2,4-11,19-22,25H,1,3,12-14H2/t19-,20-,21+,22+/m1/s1. The van der Waals surface area contributed by atoms with Crippen molar-refractivity contribution < 1.29 is 19.3 Å². The first-order valence-corrected chi connectivity index (χ1v) is 9.95. The quantitative estimate of drug-likeness (QED) is 0.589. The van der Waals surface area contributed by atoms with Crippen molar-refractivity contribution in [3.05, 3.63) is 82.4 Å². The molecule has 1 aliphatic rings. The van der Waals surface area contributed by atoms with E-state index in [-0.39, 0.29) is 12.2 Å². The summed E-state index contributed by atoms with van der Waals surface area (Å²) in [4.78, 5) is 0. The number of halogens is 2. The van der Waals surface area contributed by atoms with Gasteiger partial charge in [-0.05, 0) is 41.8 Å². The zero-order valence-corrected chi connectivity index (χ0v) is 17.0. The highest BCUT2D eigenvalue weighted by Crippen LogP contribution is 2.28. The first-order chi connectivity index (χ1) is 13.6. The van der Waals surface area contributed by atoms with Gasteiger partial charge in [0.1, 0.15) is 18.3 Å². The Kier molecular flexibility index (Phi) is 7.91. The van der Waals surface area contributed by atoms with E-state index >= 15 is 0 Å². The molecule has 0 radical (unpaired) electrons. The maximum Gasteiger partial charge on any atom is 0.115 e. The van der Waals surface area contributed by atoms with Crippen molar-refractivity contribution >= 4 is 23.2 Å². The zero-order valence-electron chi connectivity index (χ0n) is 15.5. The smallest absolute Gasteiger partial charge is 0.115 e. The largest absolute Gasteiger partial charge is 0.388 e. The van der Waals surface area contributed by atoms with Gasteiger partial charge in [0, 0.05) is 10.0 Å². The van der Waals surface area contributed by atoms with Gasteiger partial charge in [-0.3, -0.25) is 0 Å². The van der Waals surface area contributed by atoms with Crippen LogP contribution in [-0.4, -0.2) is 36.1 Å². The van der Waals surface area contributed by atoms with Crippen LogP contribution in [0.2, 0.25) is 10.0 Å². The second kappa shape index (κ2) is 10.4. The van der Waals surface area contributed by atoms with Crippen LogP contribution >= 0.6 is 23.2 Å². The Morgan fingerprint density at radius 1 is 0.929 bits per heavy atom. The minimum absolute atomic E-state index is 0.318. The van der Waals surface area contributed by atoms with Crippen LogP contribution in [0.25, 0.3) is 0 Å². The van der Waals surface area contributed by atoms with Crippen LogP contribution in [0, 0.1) is 0 Å². The van der Waals surface area contributed by atoms with Gasteiger partial charge in [0.05, 0.1) is 25.9 Å². The minimum Gasteiger partial charge on any atom is -0.388 e. The number of hydrogen-bond donors (Lipinski definition) is 1. The first-order valence-electron chi connectivity index (χ1n) is 9.19. The highest BCUT2D eigenvalue weighted by atomic mass is 35.5. The molecule has 3 rings (SSSR count). The minimum atomic E-state index is -0.741. The zero-order chi connectivity index (χ0) is 19.9. The molecule has 0 spiro atoms. The van der Waals surface area contributed by atoms with E-state index in [9.17, 15) is 5.11 Å². The van der Waals surface area contributed by atoms with Gasteiger partial charge in [-0.1, -0.05) is 53.5 Å². The Balaban J connectivity index is 1.57. The average molecular weight is 423 g/mol. The molecule has 150 valence electrons. The number of aliphatic hydroxyl groups is 1. The highest BCUT2D eigenvalue weighted by Gasteiger charge is 2.43. The normalized spacial score (nSPS) is 24.4. The average Bonchev–Trinajstić information content (AvgIpc) is 2.98. The van der Waals surface area contributed by atoms with Crippen LogP contribution in [0.5, 0.6) is 0 Å². The molecule has 0 bridgehead atoms. The SMILES string of the molecule is C=CC[C@H]1O[C@H](COCc2ccc(Cl)cc2)[C@H](OCc2ccc(Cl)cc2)[C@H]1O. The lowest BCUT2D eigenvalue weighted by Gasteiger charge is -2.21. The van der Waals surface area contributed by atoms with Crippen molar-refractivity contribution in [2.24, 2.45) is 0 Å². The summed E-state index contributed by atoms with van der Waals surface area (Å²) in [7, 11) is 0. The number of benzene rings is 2. The molecule has 1 N–H and O–H groups in total. The molecule has 0 amide bonds. The molecule has 0 aromatic heterocycles. The van der Waals surface area contributed by atoms with E-state index in [1.54, 1.807) is 6.08 Å². The van der Waals surface area contributed by atoms with Gasteiger partial charge >= 0.3 is 0 Å². The van der Waals surface area contributed by atoms with E-state index in [0.29, 0.717) is 36.3 Å². The second-order valence-corrected chi connectivity index (χ2v) is 7.64. The summed E-state index contributed by atoms with van der Waals surface area (Å²) in [5.41, 5.74) is 1.99. The van der Waals surface area contributed by atoms with Gasteiger partial charge in [0.2, 0.25) is 0 Å². The number of rotatable bonds is 9. The van der Waals surface area contributed by atoms with Crippen LogP contribution in [0.15, 0.2) is 61.2 Å². The summed E-state index contributed by atoms with van der Waals surface area (Å²) < 4.78 is 17.8. The van der Waals surface area contributed by atoms with E-state index in [1.165, 1.54) is 0 Å². The molecule has 6 heteroatoms. The molecule has 1 heterocycles. The van der Waals surface area contributed by atoms with Crippen LogP contribution in [0.3, 0.4) is 0 Å². The maximum absolute atomic E-state index is 10.6. The molecular formula is C22H24Cl2O4. The topological polar surface area (TPSA) is 47.9 Å². The Morgan fingerprint density at radius 2 is 1.50 bits per heavy atom. The summed E-state index contributed by atoms with van der Waals surface area (Å²) in [6, 6.07) is 14.9. The van der Waals surface area contributed by atoms with Crippen LogP contribution in [0.1, 0.15) is 17.5 Å². The van der Waals surface area contributed by atoms with Crippen molar-refractivity contribution in [1.29, 1.82) is 0 Å². The first kappa shape index (κ1) is 21.3. The molecule has 1 fully saturated rings. The molecule has 2 aromatic rings. The Labute approximate surface area is 175 Å².